The van der Waals surface area contributed by atoms with Crippen molar-refractivity contribution in [3.8, 4) is 5.75 Å². The molecule has 1 atom stereocenters. The maximum absolute atomic E-state index is 12.8. The largest absolute Gasteiger partial charge is 0.507 e. The standard InChI is InChI=1S/C12H16FNO2/c1-4-8(2)14(3)12(16)10-6-5-9(13)7-11(10)15/h5-8,15H,4H2,1-3H3. The number of nitrogens with zero attached hydrogens (tertiary/aromatic N) is 1. The minimum Gasteiger partial charge on any atom is -0.507 e. The molecule has 0 heterocycles. The molecule has 0 saturated heterocycles. The van der Waals surface area contributed by atoms with Crippen LogP contribution in [0.5, 0.6) is 5.75 Å². The first-order chi connectivity index (χ1) is 7.47. The molecular formula is C12H16FNO2. The van der Waals surface area contributed by atoms with Crippen molar-refractivity contribution in [1.29, 1.82) is 0 Å². The van der Waals surface area contributed by atoms with Crippen molar-refractivity contribution in [1.82, 2.24) is 4.90 Å². The monoisotopic (exact) mass is 225 g/mol. The van der Waals surface area contributed by atoms with Crippen LogP contribution in [0, 0.1) is 5.82 Å². The zero-order chi connectivity index (χ0) is 12.3. The van der Waals surface area contributed by atoms with Gasteiger partial charge < -0.3 is 10.0 Å². The number of halogens is 1. The predicted octanol–water partition coefficient (Wildman–Crippen LogP) is 2.40. The number of carbonyl (C=O) groups is 1. The highest BCUT2D eigenvalue weighted by Crippen LogP contribution is 2.20. The third-order valence-electron chi connectivity index (χ3n) is 2.76. The summed E-state index contributed by atoms with van der Waals surface area (Å²) in [5.74, 6) is -1.17. The summed E-state index contributed by atoms with van der Waals surface area (Å²) in [5.41, 5.74) is 0.129. The maximum atomic E-state index is 12.8. The topological polar surface area (TPSA) is 40.5 Å². The van der Waals surface area contributed by atoms with Gasteiger partial charge >= 0.3 is 0 Å². The van der Waals surface area contributed by atoms with Crippen LogP contribution in [-0.4, -0.2) is 29.0 Å². The summed E-state index contributed by atoms with van der Waals surface area (Å²) in [5, 5.41) is 9.48. The number of rotatable bonds is 3. The van der Waals surface area contributed by atoms with Gasteiger partial charge in [-0.05, 0) is 25.5 Å². The molecule has 0 spiro atoms. The van der Waals surface area contributed by atoms with E-state index in [9.17, 15) is 14.3 Å². The van der Waals surface area contributed by atoms with Crippen LogP contribution in [0.1, 0.15) is 30.6 Å². The van der Waals surface area contributed by atoms with Gasteiger partial charge in [0.05, 0.1) is 5.56 Å². The predicted molar refractivity (Wildman–Crippen MR) is 59.9 cm³/mol. The van der Waals surface area contributed by atoms with Crippen LogP contribution in [-0.2, 0) is 0 Å². The fourth-order valence-electron chi connectivity index (χ4n) is 1.35. The maximum Gasteiger partial charge on any atom is 0.257 e. The molecule has 4 heteroatoms. The molecule has 0 bridgehead atoms. The molecule has 1 amide bonds. The van der Waals surface area contributed by atoms with E-state index in [0.717, 1.165) is 18.6 Å². The molecule has 88 valence electrons. The number of aromatic hydroxyl groups is 1. The highest BCUT2D eigenvalue weighted by molar-refractivity contribution is 5.96. The lowest BCUT2D eigenvalue weighted by Gasteiger charge is -2.24. The molecule has 1 rings (SSSR count). The van der Waals surface area contributed by atoms with E-state index in [-0.39, 0.29) is 23.3 Å². The quantitative estimate of drug-likeness (QED) is 0.858. The second kappa shape index (κ2) is 4.96. The van der Waals surface area contributed by atoms with Gasteiger partial charge in [-0.1, -0.05) is 6.92 Å². The molecule has 1 N–H and O–H groups in total. The highest BCUT2D eigenvalue weighted by Gasteiger charge is 2.19. The van der Waals surface area contributed by atoms with Crippen molar-refractivity contribution in [3.63, 3.8) is 0 Å². The van der Waals surface area contributed by atoms with Crippen molar-refractivity contribution < 1.29 is 14.3 Å². The van der Waals surface area contributed by atoms with Gasteiger partial charge in [-0.2, -0.15) is 0 Å². The van der Waals surface area contributed by atoms with E-state index >= 15 is 0 Å². The van der Waals surface area contributed by atoms with Crippen LogP contribution in [0.4, 0.5) is 4.39 Å². The van der Waals surface area contributed by atoms with Gasteiger partial charge in [0.25, 0.3) is 5.91 Å². The first-order valence-corrected chi connectivity index (χ1v) is 5.23. The number of carbonyl (C=O) groups excluding carboxylic acids is 1. The van der Waals surface area contributed by atoms with E-state index in [1.54, 1.807) is 7.05 Å². The van der Waals surface area contributed by atoms with Crippen molar-refractivity contribution in [2.45, 2.75) is 26.3 Å². The Kier molecular flexibility index (Phi) is 3.88. The van der Waals surface area contributed by atoms with Crippen LogP contribution in [0.15, 0.2) is 18.2 Å². The number of benzene rings is 1. The number of hydrogen-bond donors (Lipinski definition) is 1. The molecule has 0 aliphatic heterocycles. The molecule has 16 heavy (non-hydrogen) atoms. The van der Waals surface area contributed by atoms with E-state index < -0.39 is 5.82 Å². The van der Waals surface area contributed by atoms with E-state index in [1.807, 2.05) is 13.8 Å². The second-order valence-electron chi connectivity index (χ2n) is 3.83. The molecule has 0 aliphatic carbocycles. The third kappa shape index (κ3) is 2.51. The van der Waals surface area contributed by atoms with Gasteiger partial charge in [0.2, 0.25) is 0 Å². The molecule has 0 fully saturated rings. The van der Waals surface area contributed by atoms with Crippen molar-refractivity contribution in [2.24, 2.45) is 0 Å². The minimum atomic E-state index is -0.555. The summed E-state index contributed by atoms with van der Waals surface area (Å²) in [6, 6.07) is 3.48. The summed E-state index contributed by atoms with van der Waals surface area (Å²) in [6.45, 7) is 3.89. The minimum absolute atomic E-state index is 0.0805. The first-order valence-electron chi connectivity index (χ1n) is 5.23. The van der Waals surface area contributed by atoms with E-state index in [1.165, 1.54) is 11.0 Å². The molecule has 1 aromatic carbocycles. The molecular weight excluding hydrogens is 209 g/mol. The Bertz CT molecular complexity index is 393. The molecule has 1 aromatic rings. The Balaban J connectivity index is 2.96. The summed E-state index contributed by atoms with van der Waals surface area (Å²) >= 11 is 0. The number of hydrogen-bond acceptors (Lipinski definition) is 2. The Morgan fingerprint density at radius 2 is 2.19 bits per heavy atom. The van der Waals surface area contributed by atoms with Crippen molar-refractivity contribution >= 4 is 5.91 Å². The third-order valence-corrected chi connectivity index (χ3v) is 2.76. The van der Waals surface area contributed by atoms with Gasteiger partial charge in [-0.25, -0.2) is 4.39 Å². The highest BCUT2D eigenvalue weighted by atomic mass is 19.1. The van der Waals surface area contributed by atoms with Crippen molar-refractivity contribution in [3.05, 3.63) is 29.6 Å². The normalized spacial score (nSPS) is 12.2. The Hall–Kier alpha value is -1.58. The molecule has 1 unspecified atom stereocenters. The average molecular weight is 225 g/mol. The summed E-state index contributed by atoms with van der Waals surface area (Å²) in [6.07, 6.45) is 0.824. The van der Waals surface area contributed by atoms with Gasteiger partial charge in [0.1, 0.15) is 11.6 Å². The van der Waals surface area contributed by atoms with Gasteiger partial charge in [0, 0.05) is 19.2 Å². The SMILES string of the molecule is CCC(C)N(C)C(=O)c1ccc(F)cc1O. The number of phenolic OH excluding ortho intramolecular Hbond substituents is 1. The summed E-state index contributed by atoms with van der Waals surface area (Å²) < 4.78 is 12.8. The molecule has 3 nitrogen and oxygen atoms in total. The van der Waals surface area contributed by atoms with Crippen LogP contribution < -0.4 is 0 Å². The molecule has 0 aromatic heterocycles. The van der Waals surface area contributed by atoms with Crippen LogP contribution in [0.3, 0.4) is 0 Å². The zero-order valence-electron chi connectivity index (χ0n) is 9.70. The molecule has 0 aliphatic rings. The van der Waals surface area contributed by atoms with E-state index in [0.29, 0.717) is 0 Å². The Morgan fingerprint density at radius 3 is 2.69 bits per heavy atom. The van der Waals surface area contributed by atoms with Crippen LogP contribution in [0.2, 0.25) is 0 Å². The fraction of sp³-hybridized carbons (Fsp3) is 0.417. The fourth-order valence-corrected chi connectivity index (χ4v) is 1.35. The van der Waals surface area contributed by atoms with E-state index in [2.05, 4.69) is 0 Å². The first kappa shape index (κ1) is 12.5. The smallest absolute Gasteiger partial charge is 0.257 e. The van der Waals surface area contributed by atoms with E-state index in [4.69, 9.17) is 0 Å². The lowest BCUT2D eigenvalue weighted by molar-refractivity contribution is 0.0737. The Morgan fingerprint density at radius 1 is 1.56 bits per heavy atom. The molecule has 0 radical (unpaired) electrons. The summed E-state index contributed by atoms with van der Waals surface area (Å²) in [7, 11) is 1.67. The number of amides is 1. The zero-order valence-corrected chi connectivity index (χ0v) is 9.70. The van der Waals surface area contributed by atoms with Crippen LogP contribution >= 0.6 is 0 Å². The summed E-state index contributed by atoms with van der Waals surface area (Å²) in [4.78, 5) is 13.5. The van der Waals surface area contributed by atoms with Gasteiger partial charge in [-0.15, -0.1) is 0 Å². The van der Waals surface area contributed by atoms with Gasteiger partial charge in [0.15, 0.2) is 0 Å². The average Bonchev–Trinajstić information content (AvgIpc) is 2.26. The van der Waals surface area contributed by atoms with Crippen LogP contribution in [0.25, 0.3) is 0 Å². The number of phenols is 1. The Labute approximate surface area is 94.5 Å². The lowest BCUT2D eigenvalue weighted by atomic mass is 10.1. The second-order valence-corrected chi connectivity index (χ2v) is 3.83. The van der Waals surface area contributed by atoms with Gasteiger partial charge in [-0.3, -0.25) is 4.79 Å². The lowest BCUT2D eigenvalue weighted by Crippen LogP contribution is -2.34. The molecule has 0 saturated carbocycles. The van der Waals surface area contributed by atoms with Crippen molar-refractivity contribution in [2.75, 3.05) is 7.05 Å².